The molecule has 3 atom stereocenters. The lowest BCUT2D eigenvalue weighted by Gasteiger charge is -2.37. The molecule has 2 aliphatic heterocycles. The minimum absolute atomic E-state index is 0.0118. The molecular weight excluding hydrogens is 458 g/mol. The second kappa shape index (κ2) is 11.4. The molecule has 36 heavy (non-hydrogen) atoms. The molecule has 9 nitrogen and oxygen atoms in total. The van der Waals surface area contributed by atoms with Crippen molar-refractivity contribution in [2.45, 2.75) is 43.9 Å². The fourth-order valence-corrected chi connectivity index (χ4v) is 4.86. The van der Waals surface area contributed by atoms with Crippen molar-refractivity contribution >= 4 is 23.4 Å². The summed E-state index contributed by atoms with van der Waals surface area (Å²) in [4.78, 5) is 41.9. The lowest BCUT2D eigenvalue weighted by molar-refractivity contribution is -0.129. The highest BCUT2D eigenvalue weighted by molar-refractivity contribution is 5.95. The van der Waals surface area contributed by atoms with Crippen LogP contribution in [0.15, 0.2) is 48.5 Å². The molecule has 0 aromatic heterocycles. The van der Waals surface area contributed by atoms with Crippen LogP contribution < -0.4 is 25.6 Å². The van der Waals surface area contributed by atoms with Gasteiger partial charge in [-0.2, -0.15) is 0 Å². The summed E-state index contributed by atoms with van der Waals surface area (Å²) < 4.78 is 5.16. The van der Waals surface area contributed by atoms with Gasteiger partial charge in [-0.25, -0.2) is 0 Å². The minimum Gasteiger partial charge on any atom is -0.497 e. The largest absolute Gasteiger partial charge is 0.497 e. The molecule has 0 aliphatic carbocycles. The minimum atomic E-state index is -0.285. The summed E-state index contributed by atoms with van der Waals surface area (Å²) in [5.41, 5.74) is 2.63. The van der Waals surface area contributed by atoms with Gasteiger partial charge in [0.2, 0.25) is 11.8 Å². The zero-order valence-electron chi connectivity index (χ0n) is 21.1. The monoisotopic (exact) mass is 493 g/mol. The van der Waals surface area contributed by atoms with Crippen LogP contribution in [0.2, 0.25) is 0 Å². The SMILES string of the molecule is COc1ccc(CNC(=O)CC[C@@H]2CNC(=O)[C@@H]3C[C@H](NC(=O)c4ccc(N(C)C)cc4)CN23)cc1. The summed E-state index contributed by atoms with van der Waals surface area (Å²) in [5.74, 6) is 0.605. The first kappa shape index (κ1) is 25.5. The van der Waals surface area contributed by atoms with E-state index in [-0.39, 0.29) is 35.8 Å². The van der Waals surface area contributed by atoms with Gasteiger partial charge in [-0.3, -0.25) is 19.3 Å². The first-order valence-corrected chi connectivity index (χ1v) is 12.4. The first-order chi connectivity index (χ1) is 17.3. The Morgan fingerprint density at radius 3 is 2.50 bits per heavy atom. The number of rotatable bonds is 9. The van der Waals surface area contributed by atoms with Crippen molar-refractivity contribution in [1.82, 2.24) is 20.9 Å². The Morgan fingerprint density at radius 1 is 1.11 bits per heavy atom. The number of ether oxygens (including phenoxy) is 1. The Balaban J connectivity index is 1.27. The van der Waals surface area contributed by atoms with E-state index in [1.807, 2.05) is 67.5 Å². The molecule has 0 bridgehead atoms. The number of methoxy groups -OCH3 is 1. The third-order valence-corrected chi connectivity index (χ3v) is 6.96. The van der Waals surface area contributed by atoms with Crippen LogP contribution in [0.3, 0.4) is 0 Å². The highest BCUT2D eigenvalue weighted by atomic mass is 16.5. The average molecular weight is 494 g/mol. The maximum Gasteiger partial charge on any atom is 0.251 e. The van der Waals surface area contributed by atoms with Crippen LogP contribution in [0.1, 0.15) is 35.2 Å². The summed E-state index contributed by atoms with van der Waals surface area (Å²) in [7, 11) is 5.53. The average Bonchev–Trinajstić information content (AvgIpc) is 3.32. The molecule has 0 spiro atoms. The highest BCUT2D eigenvalue weighted by Gasteiger charge is 2.43. The zero-order chi connectivity index (χ0) is 25.7. The van der Waals surface area contributed by atoms with Gasteiger partial charge < -0.3 is 25.6 Å². The molecule has 0 saturated carbocycles. The molecule has 192 valence electrons. The summed E-state index contributed by atoms with van der Waals surface area (Å²) >= 11 is 0. The van der Waals surface area contributed by atoms with Gasteiger partial charge >= 0.3 is 0 Å². The van der Waals surface area contributed by atoms with E-state index in [1.54, 1.807) is 7.11 Å². The predicted molar refractivity (Wildman–Crippen MR) is 138 cm³/mol. The van der Waals surface area contributed by atoms with E-state index in [4.69, 9.17) is 4.74 Å². The Bertz CT molecular complexity index is 1070. The van der Waals surface area contributed by atoms with Crippen LogP contribution in [0.5, 0.6) is 5.75 Å². The van der Waals surface area contributed by atoms with Gasteiger partial charge in [0, 0.05) is 63.5 Å². The normalized spacial score (nSPS) is 21.3. The van der Waals surface area contributed by atoms with Crippen LogP contribution in [-0.2, 0) is 16.1 Å². The predicted octanol–water partition coefficient (Wildman–Crippen LogP) is 1.53. The van der Waals surface area contributed by atoms with Crippen molar-refractivity contribution in [1.29, 1.82) is 0 Å². The number of nitrogens with one attached hydrogen (secondary N) is 3. The summed E-state index contributed by atoms with van der Waals surface area (Å²) in [6.07, 6.45) is 1.57. The van der Waals surface area contributed by atoms with E-state index in [1.165, 1.54) is 0 Å². The maximum atomic E-state index is 12.8. The molecule has 2 aliphatic rings. The van der Waals surface area contributed by atoms with E-state index >= 15 is 0 Å². The van der Waals surface area contributed by atoms with E-state index in [9.17, 15) is 14.4 Å². The number of amides is 3. The van der Waals surface area contributed by atoms with Gasteiger partial charge in [-0.05, 0) is 54.8 Å². The van der Waals surface area contributed by atoms with Gasteiger partial charge in [0.1, 0.15) is 5.75 Å². The Morgan fingerprint density at radius 2 is 1.83 bits per heavy atom. The molecule has 4 rings (SSSR count). The lowest BCUT2D eigenvalue weighted by atomic mass is 10.0. The van der Waals surface area contributed by atoms with Crippen molar-refractivity contribution in [3.63, 3.8) is 0 Å². The molecule has 2 fully saturated rings. The van der Waals surface area contributed by atoms with Crippen LogP contribution in [0, 0.1) is 0 Å². The molecule has 3 N–H and O–H groups in total. The maximum absolute atomic E-state index is 12.8. The highest BCUT2D eigenvalue weighted by Crippen LogP contribution is 2.26. The Labute approximate surface area is 212 Å². The molecule has 9 heteroatoms. The molecule has 0 unspecified atom stereocenters. The standard InChI is InChI=1S/C27H35N5O4/c1-31(2)21-8-6-19(7-9-21)26(34)30-20-14-24-27(35)29-16-22(32(24)17-20)10-13-25(33)28-15-18-4-11-23(36-3)12-5-18/h4-9,11-12,20,22,24H,10,13-17H2,1-3H3,(H,28,33)(H,29,35)(H,30,34)/t20-,22+,24-/m0/s1. The first-order valence-electron chi connectivity index (χ1n) is 12.4. The number of benzene rings is 2. The van der Waals surface area contributed by atoms with Crippen molar-refractivity contribution < 1.29 is 19.1 Å². The van der Waals surface area contributed by atoms with Gasteiger partial charge in [0.05, 0.1) is 13.2 Å². The molecule has 2 heterocycles. The number of carbonyl (C=O) groups excluding carboxylic acids is 3. The molecule has 0 radical (unpaired) electrons. The lowest BCUT2D eigenvalue weighted by Crippen LogP contribution is -2.58. The zero-order valence-corrected chi connectivity index (χ0v) is 21.1. The van der Waals surface area contributed by atoms with Gasteiger partial charge in [0.25, 0.3) is 5.91 Å². The van der Waals surface area contributed by atoms with Crippen LogP contribution in [0.25, 0.3) is 0 Å². The second-order valence-electron chi connectivity index (χ2n) is 9.62. The number of carbonyl (C=O) groups is 3. The summed E-state index contributed by atoms with van der Waals surface area (Å²) in [5, 5.41) is 9.03. The van der Waals surface area contributed by atoms with E-state index in [0.717, 1.165) is 17.0 Å². The number of anilines is 1. The van der Waals surface area contributed by atoms with Gasteiger partial charge in [-0.1, -0.05) is 12.1 Å². The summed E-state index contributed by atoms with van der Waals surface area (Å²) in [6.45, 7) is 1.56. The summed E-state index contributed by atoms with van der Waals surface area (Å²) in [6, 6.07) is 14.7. The number of hydrogen-bond acceptors (Lipinski definition) is 6. The van der Waals surface area contributed by atoms with Crippen molar-refractivity contribution in [3.05, 3.63) is 59.7 Å². The van der Waals surface area contributed by atoms with Crippen molar-refractivity contribution in [2.24, 2.45) is 0 Å². The quantitative estimate of drug-likeness (QED) is 0.490. The third-order valence-electron chi connectivity index (χ3n) is 6.96. The van der Waals surface area contributed by atoms with Crippen LogP contribution in [-0.4, -0.2) is 75.0 Å². The van der Waals surface area contributed by atoms with E-state index in [2.05, 4.69) is 20.9 Å². The molecule has 2 aromatic carbocycles. The van der Waals surface area contributed by atoms with Crippen LogP contribution >= 0.6 is 0 Å². The van der Waals surface area contributed by atoms with E-state index < -0.39 is 0 Å². The van der Waals surface area contributed by atoms with E-state index in [0.29, 0.717) is 44.5 Å². The Hall–Kier alpha value is -3.59. The number of piperazine rings is 1. The van der Waals surface area contributed by atoms with Gasteiger partial charge in [0.15, 0.2) is 0 Å². The van der Waals surface area contributed by atoms with Crippen molar-refractivity contribution in [2.75, 3.05) is 39.2 Å². The molecule has 2 aromatic rings. The number of fused-ring (bicyclic) bond motifs is 1. The smallest absolute Gasteiger partial charge is 0.251 e. The number of hydrogen-bond donors (Lipinski definition) is 3. The fraction of sp³-hybridized carbons (Fsp3) is 0.444. The van der Waals surface area contributed by atoms with Gasteiger partial charge in [-0.15, -0.1) is 0 Å². The third kappa shape index (κ3) is 6.15. The fourth-order valence-electron chi connectivity index (χ4n) is 4.86. The molecule has 3 amide bonds. The molecule has 2 saturated heterocycles. The van der Waals surface area contributed by atoms with Crippen LogP contribution in [0.4, 0.5) is 5.69 Å². The Kier molecular flexibility index (Phi) is 8.10. The molecular formula is C27H35N5O4. The second-order valence-corrected chi connectivity index (χ2v) is 9.62. The number of nitrogens with zero attached hydrogens (tertiary/aromatic N) is 2. The topological polar surface area (TPSA) is 103 Å². The van der Waals surface area contributed by atoms with Crippen molar-refractivity contribution in [3.8, 4) is 5.75 Å².